The molecule has 0 aromatic carbocycles. The molecule has 0 aliphatic heterocycles. The zero-order chi connectivity index (χ0) is 15.8. The van der Waals surface area contributed by atoms with E-state index in [1.165, 1.54) is 0 Å². The van der Waals surface area contributed by atoms with Crippen LogP contribution in [0.1, 0.15) is 26.7 Å². The molecular formula is C15H34N4O2. The highest BCUT2D eigenvalue weighted by Crippen LogP contribution is 1.91. The molecule has 0 rings (SSSR count). The lowest BCUT2D eigenvalue weighted by atomic mass is 10.3. The SMILES string of the molecule is CCNC(=NCCCCOCC)NCCN(C)CCOC. The van der Waals surface area contributed by atoms with Gasteiger partial charge in [0.25, 0.3) is 0 Å². The molecule has 0 radical (unpaired) electrons. The maximum absolute atomic E-state index is 5.32. The maximum atomic E-state index is 5.32. The van der Waals surface area contributed by atoms with Crippen LogP contribution in [0, 0.1) is 0 Å². The Morgan fingerprint density at radius 2 is 1.90 bits per heavy atom. The van der Waals surface area contributed by atoms with Gasteiger partial charge in [0.05, 0.1) is 6.61 Å². The van der Waals surface area contributed by atoms with Gasteiger partial charge in [-0.3, -0.25) is 4.99 Å². The molecule has 126 valence electrons. The Morgan fingerprint density at radius 1 is 1.10 bits per heavy atom. The predicted octanol–water partition coefficient (Wildman–Crippen LogP) is 0.936. The van der Waals surface area contributed by atoms with Crippen molar-refractivity contribution < 1.29 is 9.47 Å². The van der Waals surface area contributed by atoms with E-state index in [2.05, 4.69) is 34.5 Å². The molecule has 0 amide bonds. The molecule has 6 heteroatoms. The minimum absolute atomic E-state index is 0.768. The van der Waals surface area contributed by atoms with Gasteiger partial charge in [-0.1, -0.05) is 0 Å². The predicted molar refractivity (Wildman–Crippen MR) is 89.1 cm³/mol. The first kappa shape index (κ1) is 20.1. The minimum Gasteiger partial charge on any atom is -0.383 e. The molecule has 0 spiro atoms. The second-order valence-corrected chi connectivity index (χ2v) is 4.89. The second-order valence-electron chi connectivity index (χ2n) is 4.89. The Balaban J connectivity index is 3.78. The van der Waals surface area contributed by atoms with E-state index in [4.69, 9.17) is 9.47 Å². The fraction of sp³-hybridized carbons (Fsp3) is 0.933. The molecule has 0 heterocycles. The van der Waals surface area contributed by atoms with Crippen molar-refractivity contribution in [3.63, 3.8) is 0 Å². The summed E-state index contributed by atoms with van der Waals surface area (Å²) in [6, 6.07) is 0. The number of hydrogen-bond donors (Lipinski definition) is 2. The molecule has 0 fully saturated rings. The normalized spacial score (nSPS) is 12.0. The van der Waals surface area contributed by atoms with E-state index in [0.29, 0.717) is 0 Å². The zero-order valence-electron chi connectivity index (χ0n) is 14.3. The first-order chi connectivity index (χ1) is 10.2. The average molecular weight is 302 g/mol. The summed E-state index contributed by atoms with van der Waals surface area (Å²) in [4.78, 5) is 6.80. The topological polar surface area (TPSA) is 58.1 Å². The lowest BCUT2D eigenvalue weighted by Crippen LogP contribution is -2.41. The van der Waals surface area contributed by atoms with Crippen molar-refractivity contribution in [1.29, 1.82) is 0 Å². The van der Waals surface area contributed by atoms with E-state index in [1.807, 2.05) is 6.92 Å². The van der Waals surface area contributed by atoms with E-state index in [1.54, 1.807) is 7.11 Å². The van der Waals surface area contributed by atoms with Gasteiger partial charge in [0, 0.05) is 53.0 Å². The summed E-state index contributed by atoms with van der Waals surface area (Å²) < 4.78 is 10.4. The molecule has 21 heavy (non-hydrogen) atoms. The van der Waals surface area contributed by atoms with Crippen LogP contribution in [-0.4, -0.2) is 77.6 Å². The quantitative estimate of drug-likeness (QED) is 0.301. The third-order valence-corrected chi connectivity index (χ3v) is 2.98. The Hall–Kier alpha value is -0.850. The molecule has 2 N–H and O–H groups in total. The van der Waals surface area contributed by atoms with Crippen LogP contribution in [0.3, 0.4) is 0 Å². The maximum Gasteiger partial charge on any atom is 0.191 e. The summed E-state index contributed by atoms with van der Waals surface area (Å²) in [5, 5.41) is 6.62. The van der Waals surface area contributed by atoms with Gasteiger partial charge in [0.15, 0.2) is 5.96 Å². The summed E-state index contributed by atoms with van der Waals surface area (Å²) in [5.41, 5.74) is 0. The van der Waals surface area contributed by atoms with Crippen LogP contribution in [0.15, 0.2) is 4.99 Å². The molecule has 0 atom stereocenters. The molecule has 0 aromatic rings. The number of ether oxygens (including phenoxy) is 2. The molecular weight excluding hydrogens is 268 g/mol. The molecule has 0 bridgehead atoms. The van der Waals surface area contributed by atoms with Gasteiger partial charge in [0.2, 0.25) is 0 Å². The lowest BCUT2D eigenvalue weighted by molar-refractivity contribution is 0.144. The van der Waals surface area contributed by atoms with E-state index in [9.17, 15) is 0 Å². The van der Waals surface area contributed by atoms with Crippen LogP contribution in [-0.2, 0) is 9.47 Å². The number of methoxy groups -OCH3 is 1. The summed E-state index contributed by atoms with van der Waals surface area (Å²) in [5.74, 6) is 0.897. The largest absolute Gasteiger partial charge is 0.383 e. The lowest BCUT2D eigenvalue weighted by Gasteiger charge is -2.17. The highest BCUT2D eigenvalue weighted by molar-refractivity contribution is 5.79. The number of nitrogens with zero attached hydrogens (tertiary/aromatic N) is 2. The fourth-order valence-corrected chi connectivity index (χ4v) is 1.72. The van der Waals surface area contributed by atoms with Crippen LogP contribution in [0.5, 0.6) is 0 Å². The number of rotatable bonds is 13. The van der Waals surface area contributed by atoms with E-state index < -0.39 is 0 Å². The number of aliphatic imine (C=N–C) groups is 1. The van der Waals surface area contributed by atoms with Gasteiger partial charge in [-0.05, 0) is 33.7 Å². The molecule has 0 aliphatic rings. The first-order valence-corrected chi connectivity index (χ1v) is 8.02. The van der Waals surface area contributed by atoms with Gasteiger partial charge in [-0.25, -0.2) is 0 Å². The van der Waals surface area contributed by atoms with Gasteiger partial charge in [0.1, 0.15) is 0 Å². The third kappa shape index (κ3) is 13.9. The zero-order valence-corrected chi connectivity index (χ0v) is 14.3. The van der Waals surface area contributed by atoms with Crippen molar-refractivity contribution in [2.75, 3.05) is 66.7 Å². The van der Waals surface area contributed by atoms with Crippen LogP contribution in [0.25, 0.3) is 0 Å². The number of guanidine groups is 1. The van der Waals surface area contributed by atoms with Crippen molar-refractivity contribution in [2.24, 2.45) is 4.99 Å². The molecule has 0 unspecified atom stereocenters. The molecule has 0 aromatic heterocycles. The van der Waals surface area contributed by atoms with Crippen LogP contribution < -0.4 is 10.6 Å². The highest BCUT2D eigenvalue weighted by Gasteiger charge is 2.00. The molecule has 0 saturated carbocycles. The van der Waals surface area contributed by atoms with Crippen molar-refractivity contribution in [1.82, 2.24) is 15.5 Å². The van der Waals surface area contributed by atoms with Gasteiger partial charge in [-0.15, -0.1) is 0 Å². The average Bonchev–Trinajstić information content (AvgIpc) is 2.48. The first-order valence-electron chi connectivity index (χ1n) is 8.02. The highest BCUT2D eigenvalue weighted by atomic mass is 16.5. The van der Waals surface area contributed by atoms with Crippen LogP contribution >= 0.6 is 0 Å². The Labute approximate surface area is 130 Å². The fourth-order valence-electron chi connectivity index (χ4n) is 1.72. The number of nitrogens with one attached hydrogen (secondary N) is 2. The van der Waals surface area contributed by atoms with Crippen molar-refractivity contribution in [2.45, 2.75) is 26.7 Å². The number of hydrogen-bond acceptors (Lipinski definition) is 4. The van der Waals surface area contributed by atoms with Gasteiger partial charge < -0.3 is 25.0 Å². The smallest absolute Gasteiger partial charge is 0.191 e. The third-order valence-electron chi connectivity index (χ3n) is 2.98. The van der Waals surface area contributed by atoms with Crippen LogP contribution in [0.4, 0.5) is 0 Å². The molecule has 0 aliphatic carbocycles. The Morgan fingerprint density at radius 3 is 2.57 bits per heavy atom. The standard InChI is InChI=1S/C15H34N4O2/c1-5-16-15(17-9-7-8-13-21-6-2)18-10-11-19(3)12-14-20-4/h5-14H2,1-4H3,(H2,16,17,18). The van der Waals surface area contributed by atoms with E-state index in [0.717, 1.165) is 71.3 Å². The van der Waals surface area contributed by atoms with Crippen LogP contribution in [0.2, 0.25) is 0 Å². The summed E-state index contributed by atoms with van der Waals surface area (Å²) in [7, 11) is 3.83. The Kier molecular flexibility index (Phi) is 14.9. The van der Waals surface area contributed by atoms with E-state index >= 15 is 0 Å². The molecule has 0 saturated heterocycles. The number of likely N-dealkylation sites (N-methyl/N-ethyl adjacent to an activating group) is 1. The van der Waals surface area contributed by atoms with Gasteiger partial charge >= 0.3 is 0 Å². The second kappa shape index (κ2) is 15.5. The molecule has 6 nitrogen and oxygen atoms in total. The summed E-state index contributed by atoms with van der Waals surface area (Å²) >= 11 is 0. The summed E-state index contributed by atoms with van der Waals surface area (Å²) in [6.45, 7) is 11.0. The summed E-state index contributed by atoms with van der Waals surface area (Å²) in [6.07, 6.45) is 2.13. The Bertz CT molecular complexity index is 250. The van der Waals surface area contributed by atoms with Crippen molar-refractivity contribution >= 4 is 5.96 Å². The van der Waals surface area contributed by atoms with Gasteiger partial charge in [-0.2, -0.15) is 0 Å². The van der Waals surface area contributed by atoms with E-state index in [-0.39, 0.29) is 0 Å². The van der Waals surface area contributed by atoms with Crippen molar-refractivity contribution in [3.05, 3.63) is 0 Å². The minimum atomic E-state index is 0.768. The number of unbranched alkanes of at least 4 members (excludes halogenated alkanes) is 1. The monoisotopic (exact) mass is 302 g/mol. The van der Waals surface area contributed by atoms with Crippen molar-refractivity contribution in [3.8, 4) is 0 Å².